The Morgan fingerprint density at radius 1 is 1.50 bits per heavy atom. The fraction of sp³-hybridized carbons (Fsp3) is 0.250. The number of pyridine rings is 1. The topological polar surface area (TPSA) is 92.6 Å². The van der Waals surface area contributed by atoms with E-state index in [1.807, 2.05) is 25.5 Å². The molecule has 6 nitrogen and oxygen atoms in total. The number of hydrogen-bond donors (Lipinski definition) is 2. The minimum atomic E-state index is 0.251. The van der Waals surface area contributed by atoms with Crippen LogP contribution in [0.4, 0.5) is 11.5 Å². The quantitative estimate of drug-likeness (QED) is 0.831. The molecule has 0 amide bonds. The summed E-state index contributed by atoms with van der Waals surface area (Å²) in [6.07, 6.45) is 4.65. The van der Waals surface area contributed by atoms with Crippen molar-refractivity contribution in [1.29, 1.82) is 5.26 Å². The number of nitrogen functional groups attached to an aromatic ring is 1. The first kappa shape index (κ1) is 11.9. The third kappa shape index (κ3) is 2.77. The van der Waals surface area contributed by atoms with Crippen LogP contribution in [0.15, 0.2) is 24.5 Å². The van der Waals surface area contributed by atoms with Gasteiger partial charge < -0.3 is 11.1 Å². The number of nitriles is 1. The normalized spacial score (nSPS) is 10.0. The fourth-order valence-electron chi connectivity index (χ4n) is 1.59. The summed E-state index contributed by atoms with van der Waals surface area (Å²) >= 11 is 0. The Morgan fingerprint density at radius 3 is 3.00 bits per heavy atom. The molecule has 0 saturated heterocycles. The van der Waals surface area contributed by atoms with Gasteiger partial charge in [-0.25, -0.2) is 4.98 Å². The summed E-state index contributed by atoms with van der Waals surface area (Å²) in [5.41, 5.74) is 7.40. The van der Waals surface area contributed by atoms with Crippen LogP contribution in [0.5, 0.6) is 0 Å². The lowest BCUT2D eigenvalue weighted by molar-refractivity contribution is 0.767. The van der Waals surface area contributed by atoms with E-state index >= 15 is 0 Å². The van der Waals surface area contributed by atoms with Crippen LogP contribution < -0.4 is 11.1 Å². The number of rotatable bonds is 4. The highest BCUT2D eigenvalue weighted by Crippen LogP contribution is 2.12. The fourth-order valence-corrected chi connectivity index (χ4v) is 1.59. The van der Waals surface area contributed by atoms with Gasteiger partial charge in [0, 0.05) is 19.8 Å². The maximum Gasteiger partial charge on any atom is 0.165 e. The maximum absolute atomic E-state index is 8.82. The van der Waals surface area contributed by atoms with E-state index in [2.05, 4.69) is 15.4 Å². The van der Waals surface area contributed by atoms with Crippen molar-refractivity contribution in [2.45, 2.75) is 6.42 Å². The summed E-state index contributed by atoms with van der Waals surface area (Å²) in [4.78, 5) is 4.11. The van der Waals surface area contributed by atoms with Crippen molar-refractivity contribution in [3.63, 3.8) is 0 Å². The van der Waals surface area contributed by atoms with Gasteiger partial charge in [0.15, 0.2) is 5.69 Å². The van der Waals surface area contributed by atoms with Gasteiger partial charge in [-0.1, -0.05) is 0 Å². The average Bonchev–Trinajstić information content (AvgIpc) is 2.77. The molecule has 0 spiro atoms. The predicted molar refractivity (Wildman–Crippen MR) is 68.8 cm³/mol. The van der Waals surface area contributed by atoms with E-state index < -0.39 is 0 Å². The number of nitrogens with one attached hydrogen (secondary N) is 1. The van der Waals surface area contributed by atoms with E-state index in [4.69, 9.17) is 11.0 Å². The minimum Gasteiger partial charge on any atom is -0.396 e. The molecule has 2 aromatic heterocycles. The summed E-state index contributed by atoms with van der Waals surface area (Å²) < 4.78 is 1.77. The second-order valence-corrected chi connectivity index (χ2v) is 3.95. The molecule has 0 radical (unpaired) electrons. The summed E-state index contributed by atoms with van der Waals surface area (Å²) in [5.74, 6) is 0.657. The Labute approximate surface area is 105 Å². The molecule has 0 aromatic carbocycles. The molecule has 0 unspecified atom stereocenters. The number of nitrogens with zero attached hydrogens (tertiary/aromatic N) is 4. The predicted octanol–water partition coefficient (Wildman–Crippen LogP) is 0.924. The molecule has 0 bridgehead atoms. The molecule has 0 saturated carbocycles. The average molecular weight is 242 g/mol. The third-order valence-corrected chi connectivity index (χ3v) is 2.51. The zero-order valence-corrected chi connectivity index (χ0v) is 10.1. The van der Waals surface area contributed by atoms with Crippen LogP contribution in [0.2, 0.25) is 0 Å². The van der Waals surface area contributed by atoms with Gasteiger partial charge in [0.1, 0.15) is 11.9 Å². The molecule has 2 aromatic rings. The molecule has 2 heterocycles. The van der Waals surface area contributed by atoms with Crippen LogP contribution in [0.25, 0.3) is 0 Å². The first-order chi connectivity index (χ1) is 8.69. The van der Waals surface area contributed by atoms with Gasteiger partial charge in [-0.2, -0.15) is 10.4 Å². The lowest BCUT2D eigenvalue weighted by Crippen LogP contribution is -2.07. The van der Waals surface area contributed by atoms with Crippen LogP contribution >= 0.6 is 0 Å². The van der Waals surface area contributed by atoms with Crippen molar-refractivity contribution in [3.8, 4) is 6.07 Å². The van der Waals surface area contributed by atoms with E-state index in [9.17, 15) is 0 Å². The van der Waals surface area contributed by atoms with E-state index in [1.54, 1.807) is 16.8 Å². The standard InChI is InChI=1S/C12H14N6/c1-18-8-9(7-16-18)4-5-15-12-3-2-10(14)11(6-13)17-12/h2-3,7-8H,4-5,14H2,1H3,(H,15,17). The van der Waals surface area contributed by atoms with Gasteiger partial charge in [-0.3, -0.25) is 4.68 Å². The summed E-state index contributed by atoms with van der Waals surface area (Å²) in [6.45, 7) is 0.730. The lowest BCUT2D eigenvalue weighted by atomic mass is 10.2. The van der Waals surface area contributed by atoms with Gasteiger partial charge >= 0.3 is 0 Å². The molecule has 0 fully saturated rings. The number of nitrogens with two attached hydrogens (primary N) is 1. The molecule has 3 N–H and O–H groups in total. The summed E-state index contributed by atoms with van der Waals surface area (Å²) in [5, 5.41) is 16.1. The summed E-state index contributed by atoms with van der Waals surface area (Å²) in [7, 11) is 1.89. The van der Waals surface area contributed by atoms with Crippen molar-refractivity contribution in [1.82, 2.24) is 14.8 Å². The second kappa shape index (κ2) is 5.19. The Balaban J connectivity index is 1.93. The van der Waals surface area contributed by atoms with Gasteiger partial charge in [0.05, 0.1) is 11.9 Å². The monoisotopic (exact) mass is 242 g/mol. The largest absolute Gasteiger partial charge is 0.396 e. The summed E-state index contributed by atoms with van der Waals surface area (Å²) in [6, 6.07) is 5.40. The zero-order chi connectivity index (χ0) is 13.0. The van der Waals surface area contributed by atoms with Crippen LogP contribution in [0.1, 0.15) is 11.3 Å². The first-order valence-electron chi connectivity index (χ1n) is 5.57. The van der Waals surface area contributed by atoms with Crippen molar-refractivity contribution >= 4 is 11.5 Å². The molecule has 2 rings (SSSR count). The molecular formula is C12H14N6. The molecule has 6 heteroatoms. The number of hydrogen-bond acceptors (Lipinski definition) is 5. The Bertz CT molecular complexity index is 580. The van der Waals surface area contributed by atoms with Crippen molar-refractivity contribution in [2.24, 2.45) is 7.05 Å². The van der Waals surface area contributed by atoms with E-state index in [-0.39, 0.29) is 5.69 Å². The highest BCUT2D eigenvalue weighted by Gasteiger charge is 2.02. The number of anilines is 2. The molecule has 0 aliphatic rings. The SMILES string of the molecule is Cn1cc(CCNc2ccc(N)c(C#N)n2)cn1. The molecule has 0 atom stereocenters. The lowest BCUT2D eigenvalue weighted by Gasteiger charge is -2.05. The van der Waals surface area contributed by atoms with Crippen LogP contribution in [0.3, 0.4) is 0 Å². The first-order valence-corrected chi connectivity index (χ1v) is 5.57. The molecule has 18 heavy (non-hydrogen) atoms. The van der Waals surface area contributed by atoms with Crippen molar-refractivity contribution < 1.29 is 0 Å². The second-order valence-electron chi connectivity index (χ2n) is 3.95. The van der Waals surface area contributed by atoms with Gasteiger partial charge in [0.25, 0.3) is 0 Å². The molecular weight excluding hydrogens is 228 g/mol. The minimum absolute atomic E-state index is 0.251. The van der Waals surface area contributed by atoms with Gasteiger partial charge in [-0.05, 0) is 24.1 Å². The highest BCUT2D eigenvalue weighted by molar-refractivity contribution is 5.54. The van der Waals surface area contributed by atoms with Gasteiger partial charge in [0.2, 0.25) is 0 Å². The maximum atomic E-state index is 8.82. The van der Waals surface area contributed by atoms with E-state index in [0.717, 1.165) is 18.5 Å². The highest BCUT2D eigenvalue weighted by atomic mass is 15.2. The van der Waals surface area contributed by atoms with Crippen molar-refractivity contribution in [3.05, 3.63) is 35.8 Å². The molecule has 0 aliphatic carbocycles. The van der Waals surface area contributed by atoms with Crippen LogP contribution in [-0.4, -0.2) is 21.3 Å². The van der Waals surface area contributed by atoms with E-state index in [1.165, 1.54) is 0 Å². The number of aryl methyl sites for hydroxylation is 1. The van der Waals surface area contributed by atoms with Crippen LogP contribution in [-0.2, 0) is 13.5 Å². The third-order valence-electron chi connectivity index (χ3n) is 2.51. The zero-order valence-electron chi connectivity index (χ0n) is 10.1. The smallest absolute Gasteiger partial charge is 0.165 e. The van der Waals surface area contributed by atoms with E-state index in [0.29, 0.717) is 11.5 Å². The Morgan fingerprint density at radius 2 is 2.33 bits per heavy atom. The van der Waals surface area contributed by atoms with Crippen molar-refractivity contribution in [2.75, 3.05) is 17.6 Å². The molecule has 0 aliphatic heterocycles. The van der Waals surface area contributed by atoms with Crippen LogP contribution in [0, 0.1) is 11.3 Å². The van der Waals surface area contributed by atoms with Gasteiger partial charge in [-0.15, -0.1) is 0 Å². The molecule has 92 valence electrons. The Hall–Kier alpha value is -2.55. The number of aromatic nitrogens is 3. The Kier molecular flexibility index (Phi) is 3.44.